The average molecular weight is 322 g/mol. The molecule has 0 radical (unpaired) electrons. The number of benzene rings is 2. The van der Waals surface area contributed by atoms with Crippen molar-refractivity contribution in [2.45, 2.75) is 50.4 Å². The molecule has 0 heterocycles. The van der Waals surface area contributed by atoms with Gasteiger partial charge in [0.2, 0.25) is 0 Å². The lowest BCUT2D eigenvalue weighted by atomic mass is 9.74. The smallest absolute Gasteiger partial charge is 0.193 e. The first-order valence-electron chi connectivity index (χ1n) is 8.84. The fourth-order valence-corrected chi connectivity index (χ4v) is 3.77. The van der Waals surface area contributed by atoms with Crippen LogP contribution in [0.25, 0.3) is 0 Å². The summed E-state index contributed by atoms with van der Waals surface area (Å²) in [5.74, 6) is 1.20. The highest BCUT2D eigenvalue weighted by molar-refractivity contribution is 6.11. The summed E-state index contributed by atoms with van der Waals surface area (Å²) in [5.41, 5.74) is 3.34. The van der Waals surface area contributed by atoms with E-state index < -0.39 is 0 Å². The standard InChI is InChI=1S/C21H22O3/c22-15-7-9-17(19(11-15)13-3-1-4-13)21(24)18-10-8-16(23)12-20(18)14-5-2-6-14/h7-14,22-23H,1-6H2. The number of hydrogen-bond donors (Lipinski definition) is 2. The molecule has 2 fully saturated rings. The van der Waals surface area contributed by atoms with E-state index in [1.54, 1.807) is 36.4 Å². The van der Waals surface area contributed by atoms with E-state index in [0.29, 0.717) is 23.0 Å². The van der Waals surface area contributed by atoms with Crippen molar-refractivity contribution in [1.82, 2.24) is 0 Å². The van der Waals surface area contributed by atoms with Gasteiger partial charge in [-0.1, -0.05) is 12.8 Å². The second-order valence-electron chi connectivity index (χ2n) is 7.13. The first-order chi connectivity index (χ1) is 11.6. The molecule has 0 bridgehead atoms. The first-order valence-corrected chi connectivity index (χ1v) is 8.84. The van der Waals surface area contributed by atoms with Crippen LogP contribution in [0, 0.1) is 0 Å². The highest BCUT2D eigenvalue weighted by Gasteiger charge is 2.29. The maximum absolute atomic E-state index is 13.2. The monoisotopic (exact) mass is 322 g/mol. The van der Waals surface area contributed by atoms with E-state index >= 15 is 0 Å². The van der Waals surface area contributed by atoms with Gasteiger partial charge in [0.1, 0.15) is 11.5 Å². The zero-order chi connectivity index (χ0) is 16.7. The molecule has 2 aromatic carbocycles. The van der Waals surface area contributed by atoms with Crippen LogP contribution in [0.2, 0.25) is 0 Å². The number of phenols is 2. The number of rotatable bonds is 4. The first kappa shape index (κ1) is 15.3. The van der Waals surface area contributed by atoms with Gasteiger partial charge in [-0.25, -0.2) is 0 Å². The van der Waals surface area contributed by atoms with Crippen molar-refractivity contribution >= 4 is 5.78 Å². The topological polar surface area (TPSA) is 57.5 Å². The molecule has 2 aliphatic carbocycles. The van der Waals surface area contributed by atoms with Crippen LogP contribution in [-0.2, 0) is 0 Å². The Kier molecular flexibility index (Phi) is 3.79. The maximum atomic E-state index is 13.2. The summed E-state index contributed by atoms with van der Waals surface area (Å²) in [6, 6.07) is 10.2. The van der Waals surface area contributed by atoms with Crippen molar-refractivity contribution < 1.29 is 15.0 Å². The van der Waals surface area contributed by atoms with Gasteiger partial charge in [-0.05, 0) is 85.0 Å². The highest BCUT2D eigenvalue weighted by atomic mass is 16.3. The summed E-state index contributed by atoms with van der Waals surface area (Å²) < 4.78 is 0. The molecular weight excluding hydrogens is 300 g/mol. The summed E-state index contributed by atoms with van der Waals surface area (Å²) in [6.45, 7) is 0. The lowest BCUT2D eigenvalue weighted by Gasteiger charge is -2.29. The molecule has 2 aromatic rings. The number of hydrogen-bond acceptors (Lipinski definition) is 3. The molecule has 2 N–H and O–H groups in total. The van der Waals surface area contributed by atoms with E-state index in [2.05, 4.69) is 0 Å². The molecule has 2 saturated carbocycles. The Balaban J connectivity index is 1.77. The lowest BCUT2D eigenvalue weighted by molar-refractivity contribution is 0.103. The van der Waals surface area contributed by atoms with E-state index in [4.69, 9.17) is 0 Å². The average Bonchev–Trinajstić information content (AvgIpc) is 2.43. The minimum absolute atomic E-state index is 0.0128. The number of aromatic hydroxyl groups is 2. The van der Waals surface area contributed by atoms with Gasteiger partial charge in [0.15, 0.2) is 5.78 Å². The fourth-order valence-electron chi connectivity index (χ4n) is 3.77. The normalized spacial score (nSPS) is 18.0. The van der Waals surface area contributed by atoms with Crippen LogP contribution in [0.5, 0.6) is 11.5 Å². The summed E-state index contributed by atoms with van der Waals surface area (Å²) >= 11 is 0. The van der Waals surface area contributed by atoms with Crippen LogP contribution < -0.4 is 0 Å². The Morgan fingerprint density at radius 2 is 1.17 bits per heavy atom. The molecule has 24 heavy (non-hydrogen) atoms. The zero-order valence-electron chi connectivity index (χ0n) is 13.7. The van der Waals surface area contributed by atoms with E-state index in [-0.39, 0.29) is 17.3 Å². The molecule has 4 rings (SSSR count). The van der Waals surface area contributed by atoms with Gasteiger partial charge in [-0.3, -0.25) is 4.79 Å². The Hall–Kier alpha value is -2.29. The Bertz CT molecular complexity index is 720. The second-order valence-corrected chi connectivity index (χ2v) is 7.13. The van der Waals surface area contributed by atoms with Gasteiger partial charge in [0, 0.05) is 11.1 Å². The second kappa shape index (κ2) is 5.97. The van der Waals surface area contributed by atoms with Crippen LogP contribution in [0.3, 0.4) is 0 Å². The predicted molar refractivity (Wildman–Crippen MR) is 92.8 cm³/mol. The number of carbonyl (C=O) groups excluding carboxylic acids is 1. The van der Waals surface area contributed by atoms with Crippen molar-refractivity contribution in [2.24, 2.45) is 0 Å². The van der Waals surface area contributed by atoms with Gasteiger partial charge in [0.25, 0.3) is 0 Å². The van der Waals surface area contributed by atoms with Crippen LogP contribution in [0.15, 0.2) is 36.4 Å². The molecule has 0 saturated heterocycles. The zero-order valence-corrected chi connectivity index (χ0v) is 13.7. The third kappa shape index (κ3) is 2.58. The van der Waals surface area contributed by atoms with Crippen molar-refractivity contribution in [1.29, 1.82) is 0 Å². The van der Waals surface area contributed by atoms with E-state index in [9.17, 15) is 15.0 Å². The molecule has 0 amide bonds. The van der Waals surface area contributed by atoms with Gasteiger partial charge in [-0.2, -0.15) is 0 Å². The molecule has 0 spiro atoms. The van der Waals surface area contributed by atoms with Crippen LogP contribution in [0.1, 0.15) is 77.4 Å². The van der Waals surface area contributed by atoms with Gasteiger partial charge in [0.05, 0.1) is 0 Å². The SMILES string of the molecule is O=C(c1ccc(O)cc1C1CCC1)c1ccc(O)cc1C1CCC1. The molecule has 0 atom stereocenters. The van der Waals surface area contributed by atoms with Crippen molar-refractivity contribution in [2.75, 3.05) is 0 Å². The van der Waals surface area contributed by atoms with Crippen LogP contribution in [-0.4, -0.2) is 16.0 Å². The van der Waals surface area contributed by atoms with Crippen LogP contribution in [0.4, 0.5) is 0 Å². The van der Waals surface area contributed by atoms with Crippen LogP contribution >= 0.6 is 0 Å². The summed E-state index contributed by atoms with van der Waals surface area (Å²) in [5, 5.41) is 19.7. The number of carbonyl (C=O) groups is 1. The predicted octanol–water partition coefficient (Wildman–Crippen LogP) is 4.86. The molecule has 0 unspecified atom stereocenters. The highest BCUT2D eigenvalue weighted by Crippen LogP contribution is 2.42. The number of ketones is 1. The minimum atomic E-state index is 0.0128. The molecule has 3 heteroatoms. The van der Waals surface area contributed by atoms with Crippen molar-refractivity contribution in [3.63, 3.8) is 0 Å². The fraction of sp³-hybridized carbons (Fsp3) is 0.381. The molecule has 3 nitrogen and oxygen atoms in total. The van der Waals surface area contributed by atoms with Crippen molar-refractivity contribution in [3.05, 3.63) is 58.7 Å². The van der Waals surface area contributed by atoms with E-state index in [0.717, 1.165) is 36.8 Å². The van der Waals surface area contributed by atoms with Crippen molar-refractivity contribution in [3.8, 4) is 11.5 Å². The van der Waals surface area contributed by atoms with E-state index in [1.807, 2.05) is 0 Å². The molecule has 124 valence electrons. The molecular formula is C21H22O3. The molecule has 0 aromatic heterocycles. The third-order valence-corrected chi connectivity index (χ3v) is 5.65. The largest absolute Gasteiger partial charge is 0.508 e. The quantitative estimate of drug-likeness (QED) is 0.790. The summed E-state index contributed by atoms with van der Waals surface area (Å²) in [4.78, 5) is 13.2. The van der Waals surface area contributed by atoms with E-state index in [1.165, 1.54) is 12.8 Å². The molecule has 2 aliphatic rings. The van der Waals surface area contributed by atoms with Gasteiger partial charge < -0.3 is 10.2 Å². The lowest BCUT2D eigenvalue weighted by Crippen LogP contribution is -2.17. The van der Waals surface area contributed by atoms with Gasteiger partial charge in [-0.15, -0.1) is 0 Å². The number of phenolic OH excluding ortho intramolecular Hbond substituents is 2. The summed E-state index contributed by atoms with van der Waals surface area (Å²) in [6.07, 6.45) is 6.67. The Labute approximate surface area is 142 Å². The van der Waals surface area contributed by atoms with Gasteiger partial charge >= 0.3 is 0 Å². The third-order valence-electron chi connectivity index (χ3n) is 5.65. The minimum Gasteiger partial charge on any atom is -0.508 e. The Morgan fingerprint density at radius 1 is 0.750 bits per heavy atom. The molecule has 0 aliphatic heterocycles. The summed E-state index contributed by atoms with van der Waals surface area (Å²) in [7, 11) is 0. The maximum Gasteiger partial charge on any atom is 0.193 e. The Morgan fingerprint density at radius 3 is 1.50 bits per heavy atom.